The lowest BCUT2D eigenvalue weighted by atomic mass is 9.77. The monoisotopic (exact) mass is 355 g/mol. The number of fused-ring (bicyclic) bond motifs is 2. The number of nitrogens with zero attached hydrogens (tertiary/aromatic N) is 5. The highest BCUT2D eigenvalue weighted by Gasteiger charge is 2.45. The standard InChI is InChI=1S/C19H25N5O2/c1-12-15(13(2)26-22-12)17(25)24-9-5-7-19(11-24)8-6-14-10-20-18(23(3)4)21-16(14)19/h10H,5-9,11H2,1-4H3. The fourth-order valence-corrected chi connectivity index (χ4v) is 4.40. The average molecular weight is 355 g/mol. The summed E-state index contributed by atoms with van der Waals surface area (Å²) in [6.07, 6.45) is 6.02. The van der Waals surface area contributed by atoms with Crippen LogP contribution in [0.4, 0.5) is 5.95 Å². The van der Waals surface area contributed by atoms with Crippen molar-refractivity contribution >= 4 is 11.9 Å². The summed E-state index contributed by atoms with van der Waals surface area (Å²) >= 11 is 0. The van der Waals surface area contributed by atoms with Crippen molar-refractivity contribution in [3.8, 4) is 0 Å². The molecule has 1 aliphatic carbocycles. The van der Waals surface area contributed by atoms with E-state index in [0.717, 1.165) is 43.9 Å². The van der Waals surface area contributed by atoms with Gasteiger partial charge in [0, 0.05) is 38.8 Å². The second kappa shape index (κ2) is 6.07. The van der Waals surface area contributed by atoms with E-state index in [0.29, 0.717) is 23.6 Å². The van der Waals surface area contributed by atoms with Crippen LogP contribution in [0.2, 0.25) is 0 Å². The number of carbonyl (C=O) groups is 1. The predicted octanol–water partition coefficient (Wildman–Crippen LogP) is 2.27. The Morgan fingerprint density at radius 3 is 2.81 bits per heavy atom. The minimum atomic E-state index is -0.0596. The van der Waals surface area contributed by atoms with Gasteiger partial charge in [-0.2, -0.15) is 0 Å². The summed E-state index contributed by atoms with van der Waals surface area (Å²) in [6.45, 7) is 5.09. The molecule has 0 radical (unpaired) electrons. The normalized spacial score (nSPS) is 21.9. The number of likely N-dealkylation sites (tertiary alicyclic amines) is 1. The molecule has 7 nitrogen and oxygen atoms in total. The Morgan fingerprint density at radius 2 is 2.12 bits per heavy atom. The summed E-state index contributed by atoms with van der Waals surface area (Å²) in [6, 6.07) is 0. The molecule has 2 aliphatic rings. The molecule has 2 aromatic rings. The van der Waals surface area contributed by atoms with Crippen molar-refractivity contribution in [3.63, 3.8) is 0 Å². The van der Waals surface area contributed by atoms with Gasteiger partial charge < -0.3 is 14.3 Å². The highest BCUT2D eigenvalue weighted by Crippen LogP contribution is 2.44. The van der Waals surface area contributed by atoms with Crippen LogP contribution in [-0.2, 0) is 11.8 Å². The van der Waals surface area contributed by atoms with Gasteiger partial charge in [0.15, 0.2) is 0 Å². The molecular weight excluding hydrogens is 330 g/mol. The van der Waals surface area contributed by atoms with Gasteiger partial charge in [0.1, 0.15) is 11.3 Å². The Hall–Kier alpha value is -2.44. The predicted molar refractivity (Wildman–Crippen MR) is 97.5 cm³/mol. The number of aryl methyl sites for hydroxylation is 3. The van der Waals surface area contributed by atoms with Gasteiger partial charge in [-0.25, -0.2) is 9.97 Å². The summed E-state index contributed by atoms with van der Waals surface area (Å²) < 4.78 is 5.20. The van der Waals surface area contributed by atoms with Crippen molar-refractivity contribution in [2.24, 2.45) is 0 Å². The lowest BCUT2D eigenvalue weighted by Gasteiger charge is -2.40. The summed E-state index contributed by atoms with van der Waals surface area (Å²) in [5.41, 5.74) is 3.57. The fraction of sp³-hybridized carbons (Fsp3) is 0.579. The second-order valence-corrected chi connectivity index (χ2v) is 7.75. The van der Waals surface area contributed by atoms with Crippen LogP contribution in [-0.4, -0.2) is 53.1 Å². The lowest BCUT2D eigenvalue weighted by Crippen LogP contribution is -2.48. The number of rotatable bonds is 2. The summed E-state index contributed by atoms with van der Waals surface area (Å²) in [5, 5.41) is 3.94. The van der Waals surface area contributed by atoms with Crippen LogP contribution in [0.5, 0.6) is 0 Å². The maximum atomic E-state index is 13.1. The molecule has 1 saturated heterocycles. The van der Waals surface area contributed by atoms with E-state index in [1.54, 1.807) is 6.92 Å². The zero-order chi connectivity index (χ0) is 18.5. The van der Waals surface area contributed by atoms with E-state index < -0.39 is 0 Å². The molecular formula is C19H25N5O2. The van der Waals surface area contributed by atoms with E-state index in [9.17, 15) is 4.79 Å². The maximum absolute atomic E-state index is 13.1. The molecule has 1 atom stereocenters. The van der Waals surface area contributed by atoms with Crippen LogP contribution in [0.15, 0.2) is 10.7 Å². The quantitative estimate of drug-likeness (QED) is 0.823. The van der Waals surface area contributed by atoms with Crippen molar-refractivity contribution < 1.29 is 9.32 Å². The van der Waals surface area contributed by atoms with E-state index in [-0.39, 0.29) is 11.3 Å². The molecule has 1 unspecified atom stereocenters. The Morgan fingerprint density at radius 1 is 1.31 bits per heavy atom. The summed E-state index contributed by atoms with van der Waals surface area (Å²) in [4.78, 5) is 26.3. The zero-order valence-corrected chi connectivity index (χ0v) is 15.9. The van der Waals surface area contributed by atoms with Crippen molar-refractivity contribution in [1.29, 1.82) is 0 Å². The largest absolute Gasteiger partial charge is 0.361 e. The number of amides is 1. The van der Waals surface area contributed by atoms with Crippen LogP contribution >= 0.6 is 0 Å². The van der Waals surface area contributed by atoms with E-state index in [1.165, 1.54) is 5.56 Å². The van der Waals surface area contributed by atoms with Gasteiger partial charge in [-0.1, -0.05) is 5.16 Å². The van der Waals surface area contributed by atoms with Crippen LogP contribution in [0.3, 0.4) is 0 Å². The molecule has 3 heterocycles. The number of hydrogen-bond donors (Lipinski definition) is 0. The molecule has 4 rings (SSSR count). The molecule has 138 valence electrons. The van der Waals surface area contributed by atoms with Crippen LogP contribution in [0.1, 0.15) is 52.3 Å². The van der Waals surface area contributed by atoms with E-state index in [4.69, 9.17) is 9.51 Å². The number of carbonyl (C=O) groups excluding carboxylic acids is 1. The third-order valence-electron chi connectivity index (χ3n) is 5.74. The number of anilines is 1. The van der Waals surface area contributed by atoms with Gasteiger partial charge in [0.2, 0.25) is 5.95 Å². The highest BCUT2D eigenvalue weighted by atomic mass is 16.5. The van der Waals surface area contributed by atoms with Gasteiger partial charge in [-0.15, -0.1) is 0 Å². The number of piperidine rings is 1. The van der Waals surface area contributed by atoms with Crippen molar-refractivity contribution in [2.75, 3.05) is 32.1 Å². The molecule has 2 aromatic heterocycles. The molecule has 0 aromatic carbocycles. The third kappa shape index (κ3) is 2.57. The molecule has 1 fully saturated rings. The molecule has 1 aliphatic heterocycles. The van der Waals surface area contributed by atoms with Crippen LogP contribution in [0, 0.1) is 13.8 Å². The minimum absolute atomic E-state index is 0.0238. The first-order valence-electron chi connectivity index (χ1n) is 9.17. The van der Waals surface area contributed by atoms with Gasteiger partial charge in [-0.3, -0.25) is 4.79 Å². The first-order chi connectivity index (χ1) is 12.4. The van der Waals surface area contributed by atoms with Crippen LogP contribution < -0.4 is 4.90 Å². The molecule has 0 N–H and O–H groups in total. The Labute approximate surface area is 153 Å². The first-order valence-corrected chi connectivity index (χ1v) is 9.17. The highest BCUT2D eigenvalue weighted by molar-refractivity contribution is 5.96. The number of aromatic nitrogens is 3. The summed E-state index contributed by atoms with van der Waals surface area (Å²) in [7, 11) is 3.91. The smallest absolute Gasteiger partial charge is 0.259 e. The van der Waals surface area contributed by atoms with Crippen LogP contribution in [0.25, 0.3) is 0 Å². The van der Waals surface area contributed by atoms with Gasteiger partial charge in [0.05, 0.1) is 11.4 Å². The first kappa shape index (κ1) is 17.0. The molecule has 0 bridgehead atoms. The van der Waals surface area contributed by atoms with Gasteiger partial charge in [-0.05, 0) is 45.1 Å². The Balaban J connectivity index is 1.66. The molecule has 0 saturated carbocycles. The lowest BCUT2D eigenvalue weighted by molar-refractivity contribution is 0.0631. The topological polar surface area (TPSA) is 75.4 Å². The zero-order valence-electron chi connectivity index (χ0n) is 15.9. The van der Waals surface area contributed by atoms with Crippen molar-refractivity contribution in [2.45, 2.75) is 44.9 Å². The van der Waals surface area contributed by atoms with Gasteiger partial charge in [0.25, 0.3) is 5.91 Å². The van der Waals surface area contributed by atoms with E-state index >= 15 is 0 Å². The third-order valence-corrected chi connectivity index (χ3v) is 5.74. The van der Waals surface area contributed by atoms with E-state index in [1.807, 2.05) is 37.0 Å². The minimum Gasteiger partial charge on any atom is -0.361 e. The fourth-order valence-electron chi connectivity index (χ4n) is 4.40. The van der Waals surface area contributed by atoms with Crippen molar-refractivity contribution in [1.82, 2.24) is 20.0 Å². The Bertz CT molecular complexity index is 836. The number of hydrogen-bond acceptors (Lipinski definition) is 6. The molecule has 7 heteroatoms. The van der Waals surface area contributed by atoms with E-state index in [2.05, 4.69) is 10.1 Å². The second-order valence-electron chi connectivity index (χ2n) is 7.75. The average Bonchev–Trinajstić information content (AvgIpc) is 3.14. The summed E-state index contributed by atoms with van der Waals surface area (Å²) in [5.74, 6) is 1.35. The van der Waals surface area contributed by atoms with Crippen molar-refractivity contribution in [3.05, 3.63) is 34.5 Å². The molecule has 1 amide bonds. The molecule has 26 heavy (non-hydrogen) atoms. The molecule has 1 spiro atoms. The van der Waals surface area contributed by atoms with Gasteiger partial charge >= 0.3 is 0 Å². The SMILES string of the molecule is Cc1noc(C)c1C(=O)N1CCCC2(CCc3cnc(N(C)C)nc32)C1. The Kier molecular flexibility index (Phi) is 3.97. The maximum Gasteiger partial charge on any atom is 0.259 e.